The first kappa shape index (κ1) is 62.8. The summed E-state index contributed by atoms with van der Waals surface area (Å²) in [7, 11) is 3.02. The number of amides is 2. The molecule has 2 amide bonds. The van der Waals surface area contributed by atoms with Crippen LogP contribution in [-0.4, -0.2) is 120 Å². The van der Waals surface area contributed by atoms with E-state index in [1.165, 1.54) is 81.7 Å². The van der Waals surface area contributed by atoms with Crippen molar-refractivity contribution in [2.45, 2.75) is 148 Å². The van der Waals surface area contributed by atoms with E-state index in [1.54, 1.807) is 60.7 Å². The number of anilines is 2. The maximum atomic E-state index is 14.3. The van der Waals surface area contributed by atoms with Crippen LogP contribution >= 0.6 is 7.82 Å². The number of esters is 2. The number of imidazole rings is 1. The second kappa shape index (κ2) is 34.1. The SMILES string of the molecule is CCCCCCCCCCCCCCCCCC(=O)OCC(COP(=O)(O)OCC[N+](C)(C)C)OC(=O)CCN(C(=O)c1ccc2c(c1)nc(CNc1ccc(C(=N)NC(=O)OCCCC)cc1)n2C)c1ccccn1. The van der Waals surface area contributed by atoms with Crippen molar-refractivity contribution in [2.24, 2.45) is 7.05 Å². The van der Waals surface area contributed by atoms with Gasteiger partial charge in [-0.15, -0.1) is 0 Å². The fourth-order valence-corrected chi connectivity index (χ4v) is 8.83. The molecular weight excluding hydrogens is 992 g/mol. The van der Waals surface area contributed by atoms with Crippen LogP contribution in [0.2, 0.25) is 0 Å². The Morgan fingerprint density at radius 3 is 2.00 bits per heavy atom. The molecule has 0 bridgehead atoms. The summed E-state index contributed by atoms with van der Waals surface area (Å²) in [5.74, 6) is -0.815. The molecule has 4 rings (SSSR count). The van der Waals surface area contributed by atoms with E-state index in [-0.39, 0.29) is 44.3 Å². The van der Waals surface area contributed by atoms with Gasteiger partial charge in [0.05, 0.1) is 58.4 Å². The lowest BCUT2D eigenvalue weighted by Crippen LogP contribution is -2.37. The van der Waals surface area contributed by atoms with E-state index in [1.807, 2.05) is 39.7 Å². The maximum absolute atomic E-state index is 14.3. The van der Waals surface area contributed by atoms with Crippen LogP contribution in [0.25, 0.3) is 11.0 Å². The number of ether oxygens (including phenoxy) is 3. The number of likely N-dealkylation sites (N-methyl/N-ethyl adjacent to an activating group) is 1. The van der Waals surface area contributed by atoms with Crippen LogP contribution in [0.5, 0.6) is 0 Å². The number of rotatable bonds is 38. The smallest absolute Gasteiger partial charge is 0.462 e. The predicted octanol–water partition coefficient (Wildman–Crippen LogP) is 11.0. The molecular formula is C56H86N8O11P+. The van der Waals surface area contributed by atoms with E-state index in [0.717, 1.165) is 43.3 Å². The third-order valence-electron chi connectivity index (χ3n) is 12.7. The van der Waals surface area contributed by atoms with E-state index in [2.05, 4.69) is 22.5 Å². The van der Waals surface area contributed by atoms with Crippen LogP contribution in [0.1, 0.15) is 158 Å². The van der Waals surface area contributed by atoms with Gasteiger partial charge in [0.25, 0.3) is 5.91 Å². The highest BCUT2D eigenvalue weighted by Gasteiger charge is 2.28. The summed E-state index contributed by atoms with van der Waals surface area (Å²) in [6.07, 6.45) is 19.1. The zero-order valence-corrected chi connectivity index (χ0v) is 46.9. The molecule has 0 aliphatic rings. The van der Waals surface area contributed by atoms with Crippen molar-refractivity contribution in [1.82, 2.24) is 19.9 Å². The van der Waals surface area contributed by atoms with Crippen LogP contribution < -0.4 is 15.5 Å². The topological polar surface area (TPSA) is 234 Å². The van der Waals surface area contributed by atoms with Crippen molar-refractivity contribution in [3.8, 4) is 0 Å². The number of nitrogens with zero attached hydrogens (tertiary/aromatic N) is 5. The van der Waals surface area contributed by atoms with Crippen molar-refractivity contribution >= 4 is 60.1 Å². The normalized spacial score (nSPS) is 12.7. The highest BCUT2D eigenvalue weighted by atomic mass is 31.2. The number of aromatic nitrogens is 3. The lowest BCUT2D eigenvalue weighted by Gasteiger charge is -2.24. The highest BCUT2D eigenvalue weighted by Crippen LogP contribution is 2.43. The average molecular weight is 1080 g/mol. The maximum Gasteiger partial charge on any atom is 0.472 e. The molecule has 0 saturated carbocycles. The summed E-state index contributed by atoms with van der Waals surface area (Å²) in [6, 6.07) is 17.2. The number of alkyl carbamates (subject to hydrolysis) is 1. The van der Waals surface area contributed by atoms with Crippen LogP contribution in [0.3, 0.4) is 0 Å². The number of aryl methyl sites for hydroxylation is 1. The Bertz CT molecular complexity index is 2430. The molecule has 2 unspecified atom stereocenters. The number of quaternary nitrogens is 1. The Morgan fingerprint density at radius 2 is 1.38 bits per heavy atom. The quantitative estimate of drug-likeness (QED) is 0.00622. The number of phosphoric ester groups is 1. The van der Waals surface area contributed by atoms with Crippen LogP contribution in [-0.2, 0) is 51.0 Å². The number of fused-ring (bicyclic) bond motifs is 1. The Balaban J connectivity index is 1.32. The van der Waals surface area contributed by atoms with Gasteiger partial charge in [-0.05, 0) is 67.4 Å². The van der Waals surface area contributed by atoms with E-state index < -0.39 is 51.1 Å². The molecule has 2 heterocycles. The van der Waals surface area contributed by atoms with Crippen molar-refractivity contribution in [3.05, 3.63) is 83.8 Å². The highest BCUT2D eigenvalue weighted by molar-refractivity contribution is 7.47. The Hall–Kier alpha value is -5.72. The van der Waals surface area contributed by atoms with Crippen LogP contribution in [0.4, 0.5) is 16.3 Å². The number of pyridine rings is 1. The average Bonchev–Trinajstić information content (AvgIpc) is 3.71. The number of hydrogen-bond donors (Lipinski definition) is 4. The molecule has 0 saturated heterocycles. The van der Waals surface area contributed by atoms with Gasteiger partial charge in [0.15, 0.2) is 6.10 Å². The fourth-order valence-electron chi connectivity index (χ4n) is 8.09. The summed E-state index contributed by atoms with van der Waals surface area (Å²) in [5.41, 5.74) is 2.90. The van der Waals surface area contributed by atoms with Gasteiger partial charge in [-0.1, -0.05) is 116 Å². The van der Waals surface area contributed by atoms with Crippen molar-refractivity contribution in [3.63, 3.8) is 0 Å². The molecule has 4 N–H and O–H groups in total. The van der Waals surface area contributed by atoms with Gasteiger partial charge in [0.2, 0.25) is 0 Å². The van der Waals surface area contributed by atoms with E-state index in [0.29, 0.717) is 46.5 Å². The third-order valence-corrected chi connectivity index (χ3v) is 13.7. The van der Waals surface area contributed by atoms with E-state index >= 15 is 0 Å². The monoisotopic (exact) mass is 1080 g/mol. The van der Waals surface area contributed by atoms with Crippen LogP contribution in [0, 0.1) is 5.41 Å². The minimum atomic E-state index is -4.57. The number of amidine groups is 1. The van der Waals surface area contributed by atoms with Gasteiger partial charge in [-0.3, -0.25) is 39.1 Å². The molecule has 4 aromatic rings. The van der Waals surface area contributed by atoms with E-state index in [4.69, 9.17) is 33.7 Å². The number of carbonyl (C=O) groups excluding carboxylic acids is 4. The molecule has 2 atom stereocenters. The molecule has 20 heteroatoms. The lowest BCUT2D eigenvalue weighted by molar-refractivity contribution is -0.870. The number of unbranched alkanes of at least 4 members (excludes halogenated alkanes) is 15. The minimum absolute atomic E-state index is 0.0663. The molecule has 0 fully saturated rings. The summed E-state index contributed by atoms with van der Waals surface area (Å²) in [6.45, 7) is 4.06. The molecule has 19 nitrogen and oxygen atoms in total. The van der Waals surface area contributed by atoms with Gasteiger partial charge in [0.1, 0.15) is 37.2 Å². The molecule has 420 valence electrons. The summed E-state index contributed by atoms with van der Waals surface area (Å²) in [5, 5.41) is 14.0. The second-order valence-corrected chi connectivity index (χ2v) is 21.7. The first-order valence-electron chi connectivity index (χ1n) is 27.3. The molecule has 0 aliphatic heterocycles. The predicted molar refractivity (Wildman–Crippen MR) is 296 cm³/mol. The summed E-state index contributed by atoms with van der Waals surface area (Å²) >= 11 is 0. The third kappa shape index (κ3) is 24.5. The van der Waals surface area contributed by atoms with Gasteiger partial charge in [0, 0.05) is 43.0 Å². The number of phosphoric acid groups is 1. The molecule has 2 aromatic carbocycles. The molecule has 0 aliphatic carbocycles. The van der Waals surface area contributed by atoms with Gasteiger partial charge in [-0.25, -0.2) is 19.3 Å². The zero-order valence-electron chi connectivity index (χ0n) is 46.0. The first-order chi connectivity index (χ1) is 36.5. The summed E-state index contributed by atoms with van der Waals surface area (Å²) in [4.78, 5) is 73.7. The molecule has 0 radical (unpaired) electrons. The number of hydrogen-bond acceptors (Lipinski definition) is 14. The molecule has 2 aromatic heterocycles. The van der Waals surface area contributed by atoms with Gasteiger partial charge >= 0.3 is 25.9 Å². The largest absolute Gasteiger partial charge is 0.472 e. The Labute approximate surface area is 450 Å². The van der Waals surface area contributed by atoms with Crippen molar-refractivity contribution < 1.29 is 56.4 Å². The van der Waals surface area contributed by atoms with Crippen molar-refractivity contribution in [1.29, 1.82) is 5.41 Å². The lowest BCUT2D eigenvalue weighted by atomic mass is 10.0. The van der Waals surface area contributed by atoms with Crippen LogP contribution in [0.15, 0.2) is 66.9 Å². The Morgan fingerprint density at radius 1 is 0.750 bits per heavy atom. The van der Waals surface area contributed by atoms with Gasteiger partial charge < -0.3 is 33.5 Å². The van der Waals surface area contributed by atoms with Crippen molar-refractivity contribution in [2.75, 3.05) is 70.9 Å². The first-order valence-corrected chi connectivity index (χ1v) is 28.8. The fraction of sp³-hybridized carbons (Fsp3) is 0.589. The second-order valence-electron chi connectivity index (χ2n) is 20.2. The minimum Gasteiger partial charge on any atom is -0.462 e. The number of benzene rings is 2. The Kier molecular flexibility index (Phi) is 28.2. The van der Waals surface area contributed by atoms with E-state index in [9.17, 15) is 28.6 Å². The number of nitrogens with one attached hydrogen (secondary N) is 3. The summed E-state index contributed by atoms with van der Waals surface area (Å²) < 4.78 is 41.9. The van der Waals surface area contributed by atoms with Gasteiger partial charge in [-0.2, -0.15) is 0 Å². The molecule has 0 spiro atoms. The zero-order chi connectivity index (χ0) is 55.2. The number of carbonyl (C=O) groups is 4. The molecule has 76 heavy (non-hydrogen) atoms. The standard InChI is InChI=1S/C56H85N8O11P/c1-7-9-11-12-13-14-15-16-17-18-19-20-21-22-23-27-52(65)72-42-47(43-74-76(69,70)73-39-37-64(4,5)6)75-53(66)34-36-63(50-26-24-25-35-58-50)55(67)45-30-33-49-48(40-45)60-51(62(49)3)41-59-46-31-28-44(29-32-46)54(57)61-56(68)71-38-10-8-2/h24-26,28-33,35,40,47H,7-23,27,34,36-39,41-43H2,1-6H3,(H3-,57,59,61,68,69,70)/p+1.